The monoisotopic (exact) mass is 416 g/mol. The van der Waals surface area contributed by atoms with E-state index < -0.39 is 5.60 Å². The Morgan fingerprint density at radius 2 is 1.93 bits per heavy atom. The summed E-state index contributed by atoms with van der Waals surface area (Å²) in [6.07, 6.45) is 14.0. The molecule has 8 atom stereocenters. The minimum absolute atomic E-state index is 0.0388. The highest BCUT2D eigenvalue weighted by atomic mass is 32.2. The Labute approximate surface area is 179 Å². The highest BCUT2D eigenvalue weighted by Gasteiger charge is 2.67. The van der Waals surface area contributed by atoms with Crippen LogP contribution in [0, 0.1) is 28.6 Å². The normalized spacial score (nSPS) is 49.2. The first-order valence-electron chi connectivity index (χ1n) is 11.7. The number of hydrogen-bond donors (Lipinski definition) is 1. The highest BCUT2D eigenvalue weighted by molar-refractivity contribution is 8.14. The van der Waals surface area contributed by atoms with E-state index in [4.69, 9.17) is 4.42 Å². The van der Waals surface area contributed by atoms with Crippen molar-refractivity contribution in [2.75, 3.05) is 0 Å². The molecule has 0 amide bonds. The van der Waals surface area contributed by atoms with Crippen molar-refractivity contribution in [1.29, 1.82) is 0 Å². The van der Waals surface area contributed by atoms with Crippen LogP contribution in [0.4, 0.5) is 0 Å². The van der Waals surface area contributed by atoms with Gasteiger partial charge in [-0.05, 0) is 98.5 Å². The average molecular weight is 417 g/mol. The van der Waals surface area contributed by atoms with Crippen LogP contribution in [0.5, 0.6) is 0 Å². The van der Waals surface area contributed by atoms with Crippen molar-refractivity contribution in [1.82, 2.24) is 0 Å². The SMILES string of the molecule is CC(=O)SC1CC[C@@]2(C)C(CC[C@@H]3[C@H]2CC[C@]2(C)C(c4ccoc4)CC[C@@]32O)C1. The van der Waals surface area contributed by atoms with Gasteiger partial charge < -0.3 is 9.52 Å². The first kappa shape index (κ1) is 20.2. The minimum atomic E-state index is -0.545. The van der Waals surface area contributed by atoms with Gasteiger partial charge >= 0.3 is 0 Å². The van der Waals surface area contributed by atoms with E-state index in [0.717, 1.165) is 32.1 Å². The fourth-order valence-electron chi connectivity index (χ4n) is 8.54. The van der Waals surface area contributed by atoms with Gasteiger partial charge in [-0.15, -0.1) is 0 Å². The molecule has 1 aromatic heterocycles. The van der Waals surface area contributed by atoms with Gasteiger partial charge in [0.2, 0.25) is 0 Å². The van der Waals surface area contributed by atoms with E-state index >= 15 is 0 Å². The maximum atomic E-state index is 12.2. The van der Waals surface area contributed by atoms with Crippen LogP contribution >= 0.6 is 11.8 Å². The third-order valence-corrected chi connectivity index (χ3v) is 11.2. The third kappa shape index (κ3) is 2.84. The van der Waals surface area contributed by atoms with Crippen LogP contribution in [0.1, 0.15) is 90.0 Å². The van der Waals surface area contributed by atoms with Gasteiger partial charge in [-0.3, -0.25) is 4.79 Å². The van der Waals surface area contributed by atoms with Crippen molar-refractivity contribution in [3.63, 3.8) is 0 Å². The number of rotatable bonds is 2. The van der Waals surface area contributed by atoms with Gasteiger partial charge in [-0.2, -0.15) is 0 Å². The topological polar surface area (TPSA) is 50.4 Å². The molecule has 1 aromatic rings. The number of fused-ring (bicyclic) bond motifs is 5. The van der Waals surface area contributed by atoms with Gasteiger partial charge in [-0.1, -0.05) is 25.6 Å². The zero-order valence-electron chi connectivity index (χ0n) is 18.2. The summed E-state index contributed by atoms with van der Waals surface area (Å²) < 4.78 is 5.41. The molecule has 4 saturated carbocycles. The quantitative estimate of drug-likeness (QED) is 0.626. The van der Waals surface area contributed by atoms with Gasteiger partial charge in [0.15, 0.2) is 5.12 Å². The molecule has 0 spiro atoms. The van der Waals surface area contributed by atoms with Crippen molar-refractivity contribution < 1.29 is 14.3 Å². The Morgan fingerprint density at radius 1 is 1.10 bits per heavy atom. The number of aliphatic hydroxyl groups is 1. The lowest BCUT2D eigenvalue weighted by Crippen LogP contribution is -2.61. The van der Waals surface area contributed by atoms with E-state index in [1.165, 1.54) is 31.2 Å². The van der Waals surface area contributed by atoms with Crippen LogP contribution in [-0.4, -0.2) is 21.1 Å². The van der Waals surface area contributed by atoms with E-state index in [1.54, 1.807) is 24.9 Å². The van der Waals surface area contributed by atoms with Crippen molar-refractivity contribution in [2.45, 2.75) is 95.3 Å². The molecule has 29 heavy (non-hydrogen) atoms. The van der Waals surface area contributed by atoms with Crippen LogP contribution in [0.2, 0.25) is 0 Å². The first-order chi connectivity index (χ1) is 13.8. The van der Waals surface area contributed by atoms with Gasteiger partial charge in [-0.25, -0.2) is 0 Å². The maximum absolute atomic E-state index is 12.2. The molecule has 1 N–H and O–H groups in total. The van der Waals surface area contributed by atoms with E-state index in [9.17, 15) is 9.90 Å². The lowest BCUT2D eigenvalue weighted by molar-refractivity contribution is -0.200. The molecule has 4 aliphatic carbocycles. The summed E-state index contributed by atoms with van der Waals surface area (Å²) in [4.78, 5) is 11.6. The third-order valence-electron chi connectivity index (χ3n) is 10.1. The molecule has 4 aliphatic rings. The second kappa shape index (κ2) is 6.88. The van der Waals surface area contributed by atoms with Crippen molar-refractivity contribution >= 4 is 16.9 Å². The number of thioether (sulfide) groups is 1. The second-order valence-corrected chi connectivity index (χ2v) is 12.5. The highest BCUT2D eigenvalue weighted by Crippen LogP contribution is 2.70. The number of hydrogen-bond acceptors (Lipinski definition) is 4. The zero-order valence-corrected chi connectivity index (χ0v) is 19.0. The molecular weight excluding hydrogens is 380 g/mol. The molecule has 1 heterocycles. The Kier molecular flexibility index (Phi) is 4.79. The summed E-state index contributed by atoms with van der Waals surface area (Å²) in [5.74, 6) is 2.19. The predicted octanol–water partition coefficient (Wildman–Crippen LogP) is 6.17. The fourth-order valence-corrected chi connectivity index (χ4v) is 9.57. The molecular formula is C25H36O3S. The average Bonchev–Trinajstić information content (AvgIpc) is 3.27. The summed E-state index contributed by atoms with van der Waals surface area (Å²) in [6, 6.07) is 2.11. The van der Waals surface area contributed by atoms with Crippen LogP contribution < -0.4 is 0 Å². The molecule has 0 aliphatic heterocycles. The van der Waals surface area contributed by atoms with Crippen LogP contribution in [0.25, 0.3) is 0 Å². The van der Waals surface area contributed by atoms with Gasteiger partial charge in [0, 0.05) is 17.6 Å². The molecule has 5 rings (SSSR count). The zero-order chi connectivity index (χ0) is 20.4. The van der Waals surface area contributed by atoms with E-state index in [1.807, 2.05) is 6.26 Å². The Balaban J connectivity index is 1.41. The largest absolute Gasteiger partial charge is 0.472 e. The summed E-state index contributed by atoms with van der Waals surface area (Å²) >= 11 is 1.57. The summed E-state index contributed by atoms with van der Waals surface area (Å²) in [5.41, 5.74) is 1.03. The molecule has 0 aromatic carbocycles. The molecule has 0 radical (unpaired) electrons. The van der Waals surface area contributed by atoms with E-state index in [2.05, 4.69) is 19.9 Å². The van der Waals surface area contributed by atoms with E-state index in [-0.39, 0.29) is 10.5 Å². The lowest BCUT2D eigenvalue weighted by Gasteiger charge is -2.63. The summed E-state index contributed by atoms with van der Waals surface area (Å²) in [5, 5.41) is 13.0. The summed E-state index contributed by atoms with van der Waals surface area (Å²) in [6.45, 7) is 6.60. The van der Waals surface area contributed by atoms with Crippen molar-refractivity contribution in [3.05, 3.63) is 24.2 Å². The maximum Gasteiger partial charge on any atom is 0.186 e. The number of carbonyl (C=O) groups is 1. The van der Waals surface area contributed by atoms with E-state index in [0.29, 0.717) is 34.3 Å². The van der Waals surface area contributed by atoms with Crippen molar-refractivity contribution in [2.24, 2.45) is 28.6 Å². The Morgan fingerprint density at radius 3 is 2.66 bits per heavy atom. The van der Waals surface area contributed by atoms with Crippen LogP contribution in [-0.2, 0) is 4.79 Å². The molecule has 4 heteroatoms. The Bertz CT molecular complexity index is 775. The standard InChI is InChI=1S/C25H36O3S/c1-16(26)29-19-6-10-23(2)18(14-19)4-5-22-21(23)7-11-24(3)20(8-12-25(22,24)27)17-9-13-28-15-17/h9,13,15,18-22,27H,4-8,10-12,14H2,1-3H3/t18?,19?,20?,21-,22-,23+,24-,25-/m1/s1. The second-order valence-electron chi connectivity index (χ2n) is 11.0. The minimum Gasteiger partial charge on any atom is -0.472 e. The lowest BCUT2D eigenvalue weighted by atomic mass is 9.43. The predicted molar refractivity (Wildman–Crippen MR) is 117 cm³/mol. The number of carbonyl (C=O) groups excluding carboxylic acids is 1. The van der Waals surface area contributed by atoms with Gasteiger partial charge in [0.1, 0.15) is 0 Å². The Hall–Kier alpha value is -0.740. The number of furan rings is 1. The summed E-state index contributed by atoms with van der Waals surface area (Å²) in [7, 11) is 0. The fraction of sp³-hybridized carbons (Fsp3) is 0.800. The first-order valence-corrected chi connectivity index (χ1v) is 12.6. The molecule has 3 nitrogen and oxygen atoms in total. The van der Waals surface area contributed by atoms with Crippen molar-refractivity contribution in [3.8, 4) is 0 Å². The molecule has 4 fully saturated rings. The smallest absolute Gasteiger partial charge is 0.186 e. The molecule has 3 unspecified atom stereocenters. The van der Waals surface area contributed by atoms with Crippen LogP contribution in [0.3, 0.4) is 0 Å². The van der Waals surface area contributed by atoms with Gasteiger partial charge in [0.05, 0.1) is 18.1 Å². The molecule has 160 valence electrons. The molecule has 0 saturated heterocycles. The van der Waals surface area contributed by atoms with Gasteiger partial charge in [0.25, 0.3) is 0 Å². The molecule has 0 bridgehead atoms. The van der Waals surface area contributed by atoms with Crippen LogP contribution in [0.15, 0.2) is 23.0 Å².